The van der Waals surface area contributed by atoms with Crippen LogP contribution in [-0.4, -0.2) is 19.1 Å². The van der Waals surface area contributed by atoms with Gasteiger partial charge in [-0.1, -0.05) is 19.3 Å². The molecule has 0 aliphatic heterocycles. The van der Waals surface area contributed by atoms with Gasteiger partial charge in [0.15, 0.2) is 0 Å². The van der Waals surface area contributed by atoms with Gasteiger partial charge in [0.1, 0.15) is 0 Å². The Morgan fingerprint density at radius 2 is 2.00 bits per heavy atom. The molecule has 0 amide bonds. The first-order valence-corrected chi connectivity index (χ1v) is 5.66. The highest BCUT2D eigenvalue weighted by Crippen LogP contribution is 2.30. The Hall–Kier alpha value is -0.280. The molecule has 90 valence electrons. The van der Waals surface area contributed by atoms with Crippen molar-refractivity contribution in [3.8, 4) is 0 Å². The van der Waals surface area contributed by atoms with E-state index in [-0.39, 0.29) is 24.3 Å². The predicted octanol–water partition coefficient (Wildman–Crippen LogP) is 2.13. The molecule has 0 bridgehead atoms. The Morgan fingerprint density at radius 1 is 1.40 bits per heavy atom. The summed E-state index contributed by atoms with van der Waals surface area (Å²) < 4.78 is 5.03. The quantitative estimate of drug-likeness (QED) is 0.760. The van der Waals surface area contributed by atoms with E-state index < -0.39 is 0 Å². The molecule has 3 nitrogen and oxygen atoms in total. The molecular formula is C11H22ClNO2. The highest BCUT2D eigenvalue weighted by atomic mass is 35.5. The molecule has 15 heavy (non-hydrogen) atoms. The summed E-state index contributed by atoms with van der Waals surface area (Å²) in [6, 6.07) is 0. The van der Waals surface area contributed by atoms with Crippen LogP contribution >= 0.6 is 12.4 Å². The third-order valence-corrected chi connectivity index (χ3v) is 3.06. The van der Waals surface area contributed by atoms with Crippen LogP contribution in [0, 0.1) is 11.8 Å². The summed E-state index contributed by atoms with van der Waals surface area (Å²) >= 11 is 0. The van der Waals surface area contributed by atoms with Crippen molar-refractivity contribution in [3.05, 3.63) is 0 Å². The lowest BCUT2D eigenvalue weighted by Gasteiger charge is -2.27. The van der Waals surface area contributed by atoms with Crippen LogP contribution in [-0.2, 0) is 9.53 Å². The molecule has 1 saturated carbocycles. The largest absolute Gasteiger partial charge is 0.466 e. The van der Waals surface area contributed by atoms with Crippen LogP contribution in [0.3, 0.4) is 0 Å². The zero-order valence-corrected chi connectivity index (χ0v) is 10.2. The molecule has 0 aromatic rings. The normalized spacial score (nSPS) is 19.1. The Labute approximate surface area is 98.2 Å². The smallest absolute Gasteiger partial charge is 0.310 e. The highest BCUT2D eigenvalue weighted by molar-refractivity contribution is 5.85. The summed E-state index contributed by atoms with van der Waals surface area (Å²) in [5.41, 5.74) is 5.63. The minimum Gasteiger partial charge on any atom is -0.466 e. The molecule has 4 heteroatoms. The molecule has 0 spiro atoms. The van der Waals surface area contributed by atoms with E-state index in [1.54, 1.807) is 0 Å². The second kappa shape index (κ2) is 7.94. The third-order valence-electron chi connectivity index (χ3n) is 3.06. The lowest BCUT2D eigenvalue weighted by molar-refractivity contribution is -0.150. The Kier molecular flexibility index (Phi) is 7.79. The van der Waals surface area contributed by atoms with Gasteiger partial charge in [-0.05, 0) is 25.7 Å². The summed E-state index contributed by atoms with van der Waals surface area (Å²) in [7, 11) is 0. The van der Waals surface area contributed by atoms with E-state index in [9.17, 15) is 4.79 Å². The standard InChI is InChI=1S/C11H21NO2.ClH/c1-2-14-11(13)10(8-12)9-6-4-3-5-7-9;/h9-10H,2-8,12H2,1H3;1H. The Morgan fingerprint density at radius 3 is 2.47 bits per heavy atom. The number of carbonyl (C=O) groups excluding carboxylic acids is 1. The van der Waals surface area contributed by atoms with Crippen molar-refractivity contribution >= 4 is 18.4 Å². The van der Waals surface area contributed by atoms with Crippen LogP contribution in [0.1, 0.15) is 39.0 Å². The van der Waals surface area contributed by atoms with Gasteiger partial charge in [0.2, 0.25) is 0 Å². The molecule has 1 unspecified atom stereocenters. The topological polar surface area (TPSA) is 52.3 Å². The molecule has 1 aliphatic rings. The highest BCUT2D eigenvalue weighted by Gasteiger charge is 2.29. The van der Waals surface area contributed by atoms with E-state index in [2.05, 4.69) is 0 Å². The van der Waals surface area contributed by atoms with Crippen molar-refractivity contribution in [2.24, 2.45) is 17.6 Å². The zero-order chi connectivity index (χ0) is 10.4. The van der Waals surface area contributed by atoms with Gasteiger partial charge < -0.3 is 10.5 Å². The summed E-state index contributed by atoms with van der Waals surface area (Å²) in [5, 5.41) is 0. The lowest BCUT2D eigenvalue weighted by atomic mass is 9.80. The van der Waals surface area contributed by atoms with E-state index in [0.29, 0.717) is 19.1 Å². The van der Waals surface area contributed by atoms with Gasteiger partial charge in [-0.25, -0.2) is 0 Å². The van der Waals surface area contributed by atoms with Crippen molar-refractivity contribution in [2.75, 3.05) is 13.2 Å². The van der Waals surface area contributed by atoms with Gasteiger partial charge in [-0.15, -0.1) is 12.4 Å². The van der Waals surface area contributed by atoms with Gasteiger partial charge in [0.25, 0.3) is 0 Å². The van der Waals surface area contributed by atoms with E-state index in [1.807, 2.05) is 6.92 Å². The molecule has 0 aromatic carbocycles. The van der Waals surface area contributed by atoms with E-state index in [4.69, 9.17) is 10.5 Å². The SMILES string of the molecule is CCOC(=O)C(CN)C1CCCCC1.Cl. The van der Waals surface area contributed by atoms with E-state index in [1.165, 1.54) is 19.3 Å². The molecule has 0 heterocycles. The number of rotatable bonds is 4. The van der Waals surface area contributed by atoms with Crippen molar-refractivity contribution < 1.29 is 9.53 Å². The average molecular weight is 236 g/mol. The van der Waals surface area contributed by atoms with Crippen LogP contribution in [0.25, 0.3) is 0 Å². The molecule has 1 atom stereocenters. The second-order valence-electron chi connectivity index (χ2n) is 3.99. The fourth-order valence-electron chi connectivity index (χ4n) is 2.27. The molecule has 0 saturated heterocycles. The summed E-state index contributed by atoms with van der Waals surface area (Å²) in [5.74, 6) is 0.310. The minimum absolute atomic E-state index is 0. The number of hydrogen-bond donors (Lipinski definition) is 1. The maximum atomic E-state index is 11.6. The first-order valence-electron chi connectivity index (χ1n) is 5.66. The monoisotopic (exact) mass is 235 g/mol. The van der Waals surface area contributed by atoms with Gasteiger partial charge in [-0.2, -0.15) is 0 Å². The Bertz CT molecular complexity index is 181. The number of ether oxygens (including phenoxy) is 1. The number of esters is 1. The lowest BCUT2D eigenvalue weighted by Crippen LogP contribution is -2.33. The summed E-state index contributed by atoms with van der Waals surface area (Å²) in [4.78, 5) is 11.6. The molecule has 1 rings (SSSR count). The molecule has 2 N–H and O–H groups in total. The first kappa shape index (κ1) is 14.7. The number of halogens is 1. The molecule has 1 aliphatic carbocycles. The molecule has 1 fully saturated rings. The van der Waals surface area contributed by atoms with Crippen molar-refractivity contribution in [3.63, 3.8) is 0 Å². The van der Waals surface area contributed by atoms with Gasteiger partial charge >= 0.3 is 5.97 Å². The van der Waals surface area contributed by atoms with Crippen molar-refractivity contribution in [1.29, 1.82) is 0 Å². The van der Waals surface area contributed by atoms with Crippen LogP contribution in [0.15, 0.2) is 0 Å². The fourth-order valence-corrected chi connectivity index (χ4v) is 2.27. The number of nitrogens with two attached hydrogens (primary N) is 1. The summed E-state index contributed by atoms with van der Waals surface area (Å²) in [6.45, 7) is 2.73. The third kappa shape index (κ3) is 4.39. The van der Waals surface area contributed by atoms with Gasteiger partial charge in [-0.3, -0.25) is 4.79 Å². The maximum Gasteiger partial charge on any atom is 0.310 e. The zero-order valence-electron chi connectivity index (χ0n) is 9.41. The van der Waals surface area contributed by atoms with Crippen LogP contribution in [0.5, 0.6) is 0 Å². The molecule has 0 aromatic heterocycles. The Balaban J connectivity index is 0.00000196. The second-order valence-corrected chi connectivity index (χ2v) is 3.99. The number of carbonyl (C=O) groups is 1. The fraction of sp³-hybridized carbons (Fsp3) is 0.909. The van der Waals surface area contributed by atoms with Crippen molar-refractivity contribution in [2.45, 2.75) is 39.0 Å². The predicted molar refractivity (Wildman–Crippen MR) is 63.0 cm³/mol. The number of hydrogen-bond acceptors (Lipinski definition) is 3. The van der Waals surface area contributed by atoms with E-state index >= 15 is 0 Å². The average Bonchev–Trinajstić information content (AvgIpc) is 2.21. The van der Waals surface area contributed by atoms with Gasteiger partial charge in [0, 0.05) is 6.54 Å². The summed E-state index contributed by atoms with van der Waals surface area (Å²) in [6.07, 6.45) is 6.05. The minimum atomic E-state index is -0.0955. The molecular weight excluding hydrogens is 214 g/mol. The maximum absolute atomic E-state index is 11.6. The van der Waals surface area contributed by atoms with Crippen LogP contribution < -0.4 is 5.73 Å². The first-order chi connectivity index (χ1) is 6.79. The van der Waals surface area contributed by atoms with Crippen LogP contribution in [0.2, 0.25) is 0 Å². The van der Waals surface area contributed by atoms with Crippen LogP contribution in [0.4, 0.5) is 0 Å². The van der Waals surface area contributed by atoms with Gasteiger partial charge in [0.05, 0.1) is 12.5 Å². The van der Waals surface area contributed by atoms with Crippen molar-refractivity contribution in [1.82, 2.24) is 0 Å². The molecule has 0 radical (unpaired) electrons. The van der Waals surface area contributed by atoms with E-state index in [0.717, 1.165) is 12.8 Å².